The fraction of sp³-hybridized carbons (Fsp3) is 0.550. The second-order valence-corrected chi connectivity index (χ2v) is 36.0. The number of aliphatic hydroxyl groups excluding tert-OH is 1. The van der Waals surface area contributed by atoms with E-state index in [4.69, 9.17) is 23.1 Å². The minimum atomic E-state index is -2.64. The van der Waals surface area contributed by atoms with Gasteiger partial charge in [-0.2, -0.15) is 0 Å². The van der Waals surface area contributed by atoms with Crippen molar-refractivity contribution in [3.63, 3.8) is 0 Å². The maximum atomic E-state index is 10.6. The smallest absolute Gasteiger partial charge is 0.261 e. The third-order valence-electron chi connectivity index (χ3n) is 17.0. The quantitative estimate of drug-likeness (QED) is 0.0234. The lowest BCUT2D eigenvalue weighted by atomic mass is 10.1. The Morgan fingerprint density at radius 2 is 0.629 bits per heavy atom. The molecule has 6 aromatic carbocycles. The highest BCUT2D eigenvalue weighted by atomic mass is 79.9. The van der Waals surface area contributed by atoms with Crippen molar-refractivity contribution in [1.82, 2.24) is 0 Å². The van der Waals surface area contributed by atoms with Crippen molar-refractivity contribution in [2.45, 2.75) is 245 Å². The fourth-order valence-electron chi connectivity index (χ4n) is 12.1. The Kier molecular flexibility index (Phi) is 40.9. The largest absolute Gasteiger partial charge is 0.405 e. The predicted molar refractivity (Wildman–Crippen MR) is 391 cm³/mol. The highest BCUT2D eigenvalue weighted by Crippen LogP contribution is 2.38. The summed E-state index contributed by atoms with van der Waals surface area (Å²) in [5.41, 5.74) is 2.28. The summed E-state index contributed by atoms with van der Waals surface area (Å²) >= 11 is 3.47. The summed E-state index contributed by atoms with van der Waals surface area (Å²) in [6.07, 6.45) is 32.6. The molecule has 0 unspecified atom stereocenters. The molecule has 492 valence electrons. The summed E-state index contributed by atoms with van der Waals surface area (Å²) in [5.74, 6) is 0. The molecule has 0 radical (unpaired) electrons. The lowest BCUT2D eigenvalue weighted by molar-refractivity contribution is -0.0441. The van der Waals surface area contributed by atoms with Gasteiger partial charge in [-0.3, -0.25) is 0 Å². The standard InChI is InChI=1S/C40H60O3Si.C26H32O3Si.C14H29Br/c1-5-6-7-8-9-10-11-12-13-14-15-25-32-42-37(34-41-33-36-26-19-16-20-27-36)35-43-44(40(2,3)4,38-28-21-17-22-29-38)39-30-23-18-24-31-39;1-26(2,3)30(24-15-9-5-10-16-24,25-17-11-6-12-18-25)29-21-23(27)20-28-19-22-13-7-4-8-14-22;1-2-3-4-5-6-7-8-9-10-11-12-13-14-15/h16-24,26-31,37H,5-15,25,32-35H2,1-4H3;4-18,23,27H,19-21H2,1-3H3;2-14H2,1H3/t37-;23-;/m11./s1. The molecule has 0 saturated carbocycles. The Bertz CT molecular complexity index is 2460. The van der Waals surface area contributed by atoms with Gasteiger partial charge in [0.15, 0.2) is 0 Å². The van der Waals surface area contributed by atoms with Gasteiger partial charge in [0.1, 0.15) is 6.10 Å². The van der Waals surface area contributed by atoms with Crippen LogP contribution >= 0.6 is 15.9 Å². The molecule has 6 rings (SSSR count). The van der Waals surface area contributed by atoms with Crippen LogP contribution in [0.2, 0.25) is 10.1 Å². The van der Waals surface area contributed by atoms with Crippen molar-refractivity contribution in [3.05, 3.63) is 193 Å². The normalized spacial score (nSPS) is 12.6. The van der Waals surface area contributed by atoms with E-state index in [1.54, 1.807) is 0 Å². The molecule has 9 heteroatoms. The Labute approximate surface area is 554 Å². The molecule has 0 aromatic heterocycles. The van der Waals surface area contributed by atoms with Crippen molar-refractivity contribution in [2.75, 3.05) is 38.4 Å². The molecule has 0 fully saturated rings. The van der Waals surface area contributed by atoms with Gasteiger partial charge in [0.2, 0.25) is 0 Å². The van der Waals surface area contributed by atoms with Crippen LogP contribution in [-0.4, -0.2) is 72.3 Å². The van der Waals surface area contributed by atoms with Crippen molar-refractivity contribution in [1.29, 1.82) is 0 Å². The molecule has 0 aliphatic heterocycles. The zero-order chi connectivity index (χ0) is 64.0. The molecule has 0 aliphatic carbocycles. The van der Waals surface area contributed by atoms with Crippen LogP contribution in [0.15, 0.2) is 182 Å². The number of aliphatic hydroxyl groups is 1. The third-order valence-corrected chi connectivity index (χ3v) is 27.6. The van der Waals surface area contributed by atoms with Gasteiger partial charge in [0.05, 0.1) is 45.7 Å². The van der Waals surface area contributed by atoms with Crippen molar-refractivity contribution >= 4 is 53.3 Å². The molecule has 6 aromatic rings. The average Bonchev–Trinajstić information content (AvgIpc) is 0.987. The number of ether oxygens (including phenoxy) is 3. The fourth-order valence-corrected chi connectivity index (χ4v) is 21.6. The van der Waals surface area contributed by atoms with Crippen molar-refractivity contribution in [3.8, 4) is 0 Å². The van der Waals surface area contributed by atoms with Gasteiger partial charge in [0.25, 0.3) is 16.6 Å². The first kappa shape index (κ1) is 77.4. The van der Waals surface area contributed by atoms with Gasteiger partial charge >= 0.3 is 0 Å². The van der Waals surface area contributed by atoms with E-state index in [1.165, 1.54) is 179 Å². The summed E-state index contributed by atoms with van der Waals surface area (Å²) < 4.78 is 32.4. The molecule has 1 N–H and O–H groups in total. The number of hydrogen-bond donors (Lipinski definition) is 1. The van der Waals surface area contributed by atoms with E-state index in [0.717, 1.165) is 18.6 Å². The number of halogens is 1. The minimum absolute atomic E-state index is 0.0688. The van der Waals surface area contributed by atoms with Crippen molar-refractivity contribution in [2.24, 2.45) is 0 Å². The molecule has 6 nitrogen and oxygen atoms in total. The minimum Gasteiger partial charge on any atom is -0.405 e. The molecular weight excluding hydrogens is 1190 g/mol. The van der Waals surface area contributed by atoms with E-state index in [0.29, 0.717) is 26.4 Å². The van der Waals surface area contributed by atoms with Gasteiger partial charge in [-0.15, -0.1) is 0 Å². The molecule has 2 atom stereocenters. The second-order valence-electron chi connectivity index (χ2n) is 26.6. The van der Waals surface area contributed by atoms with E-state index < -0.39 is 22.7 Å². The SMILES string of the molecule is CC(C)(C)[Si](OC[C@H](O)COCc1ccccc1)(c1ccccc1)c1ccccc1.CCCCCCCCCCCCCCBr.CCCCCCCCCCCCCCO[C@H](COCc1ccccc1)CO[Si](c1ccccc1)(c1ccccc1)C(C)(C)C. The Morgan fingerprint density at radius 3 is 0.944 bits per heavy atom. The summed E-state index contributed by atoms with van der Waals surface area (Å²) in [6.45, 7) is 21.6. The van der Waals surface area contributed by atoms with Gasteiger partial charge in [-0.1, -0.05) is 395 Å². The number of alkyl halides is 1. The van der Waals surface area contributed by atoms with Gasteiger partial charge in [-0.05, 0) is 54.8 Å². The van der Waals surface area contributed by atoms with Crippen LogP contribution in [0, 0.1) is 0 Å². The molecule has 0 bridgehead atoms. The molecule has 0 amide bonds. The number of hydrogen-bond acceptors (Lipinski definition) is 6. The highest BCUT2D eigenvalue weighted by Gasteiger charge is 2.51. The Morgan fingerprint density at radius 1 is 0.348 bits per heavy atom. The molecule has 0 aliphatic rings. The zero-order valence-electron chi connectivity index (χ0n) is 57.0. The number of rotatable bonds is 44. The highest BCUT2D eigenvalue weighted by molar-refractivity contribution is 9.09. The molecule has 89 heavy (non-hydrogen) atoms. The van der Waals surface area contributed by atoms with Crippen LogP contribution in [0.5, 0.6) is 0 Å². The first-order valence-electron chi connectivity index (χ1n) is 34.9. The lowest BCUT2D eigenvalue weighted by Crippen LogP contribution is -2.67. The summed E-state index contributed by atoms with van der Waals surface area (Å²) in [7, 11) is -5.27. The summed E-state index contributed by atoms with van der Waals surface area (Å²) in [6, 6.07) is 63.1. The topological polar surface area (TPSA) is 66.4 Å². The monoisotopic (exact) mass is 1310 g/mol. The zero-order valence-corrected chi connectivity index (χ0v) is 60.6. The average molecular weight is 1310 g/mol. The van der Waals surface area contributed by atoms with Crippen LogP contribution in [-0.2, 0) is 36.3 Å². The lowest BCUT2D eigenvalue weighted by Gasteiger charge is -2.43. The molecule has 0 saturated heterocycles. The van der Waals surface area contributed by atoms with Crippen LogP contribution in [0.1, 0.15) is 221 Å². The van der Waals surface area contributed by atoms with Gasteiger partial charge < -0.3 is 28.2 Å². The molecular formula is C80H121BrO6Si2. The number of unbranched alkanes of at least 4 members (excludes halogenated alkanes) is 22. The van der Waals surface area contributed by atoms with Crippen LogP contribution in [0.4, 0.5) is 0 Å². The van der Waals surface area contributed by atoms with Crippen LogP contribution in [0.25, 0.3) is 0 Å². The second kappa shape index (κ2) is 47.0. The van der Waals surface area contributed by atoms with Crippen LogP contribution in [0.3, 0.4) is 0 Å². The maximum absolute atomic E-state index is 10.6. The van der Waals surface area contributed by atoms with Crippen LogP contribution < -0.4 is 20.7 Å². The van der Waals surface area contributed by atoms with Crippen molar-refractivity contribution < 1.29 is 28.2 Å². The predicted octanol–water partition coefficient (Wildman–Crippen LogP) is 20.1. The maximum Gasteiger partial charge on any atom is 0.261 e. The van der Waals surface area contributed by atoms with Gasteiger partial charge in [-0.25, -0.2) is 0 Å². The van der Waals surface area contributed by atoms with E-state index in [1.807, 2.05) is 48.5 Å². The number of benzene rings is 6. The summed E-state index contributed by atoms with van der Waals surface area (Å²) in [5, 5.41) is 16.6. The Hall–Kier alpha value is -4.01. The first-order chi connectivity index (χ1) is 43.3. The first-order valence-corrected chi connectivity index (χ1v) is 39.8. The van der Waals surface area contributed by atoms with E-state index >= 15 is 0 Å². The summed E-state index contributed by atoms with van der Waals surface area (Å²) in [4.78, 5) is 0. The van der Waals surface area contributed by atoms with E-state index in [9.17, 15) is 5.11 Å². The van der Waals surface area contributed by atoms with Gasteiger partial charge in [0, 0.05) is 11.9 Å². The van der Waals surface area contributed by atoms with E-state index in [2.05, 4.69) is 205 Å². The van der Waals surface area contributed by atoms with E-state index in [-0.39, 0.29) is 29.4 Å². The molecule has 0 spiro atoms. The Balaban J connectivity index is 0.000000323. The third kappa shape index (κ3) is 30.1. The molecule has 0 heterocycles.